The number of rotatable bonds is 3. The van der Waals surface area contributed by atoms with Gasteiger partial charge >= 0.3 is 0 Å². The second-order valence-corrected chi connectivity index (χ2v) is 7.01. The zero-order valence-electron chi connectivity index (χ0n) is 11.7. The maximum atomic E-state index is 6.30. The van der Waals surface area contributed by atoms with Crippen LogP contribution in [0.4, 0.5) is 0 Å². The SMILES string of the molecule is Cc1ccc(Cn2c(C(C)Cl)nc3c(C)ccnc32)s1. The summed E-state index contributed by atoms with van der Waals surface area (Å²) in [5, 5.41) is -0.135. The molecule has 0 aliphatic carbocycles. The Morgan fingerprint density at radius 3 is 2.75 bits per heavy atom. The van der Waals surface area contributed by atoms with Crippen molar-refractivity contribution in [2.45, 2.75) is 32.7 Å². The van der Waals surface area contributed by atoms with Crippen molar-refractivity contribution in [3.8, 4) is 0 Å². The highest BCUT2D eigenvalue weighted by Crippen LogP contribution is 2.27. The van der Waals surface area contributed by atoms with Crippen molar-refractivity contribution in [2.75, 3.05) is 0 Å². The van der Waals surface area contributed by atoms with Gasteiger partial charge in [0.05, 0.1) is 11.9 Å². The molecule has 0 aliphatic heterocycles. The van der Waals surface area contributed by atoms with Crippen LogP contribution in [0.3, 0.4) is 0 Å². The van der Waals surface area contributed by atoms with Gasteiger partial charge in [-0.3, -0.25) is 0 Å². The molecule has 0 spiro atoms. The van der Waals surface area contributed by atoms with Gasteiger partial charge in [0.15, 0.2) is 5.65 Å². The van der Waals surface area contributed by atoms with Crippen molar-refractivity contribution in [1.82, 2.24) is 14.5 Å². The lowest BCUT2D eigenvalue weighted by atomic mass is 10.3. The Hall–Kier alpha value is -1.39. The number of fused-ring (bicyclic) bond motifs is 1. The Morgan fingerprint density at radius 1 is 1.30 bits per heavy atom. The van der Waals surface area contributed by atoms with Crippen LogP contribution in [0.15, 0.2) is 24.4 Å². The largest absolute Gasteiger partial charge is 0.306 e. The van der Waals surface area contributed by atoms with E-state index >= 15 is 0 Å². The summed E-state index contributed by atoms with van der Waals surface area (Å²) in [4.78, 5) is 11.8. The molecule has 3 aromatic heterocycles. The lowest BCUT2D eigenvalue weighted by Crippen LogP contribution is -2.05. The molecule has 0 aromatic carbocycles. The second kappa shape index (κ2) is 5.19. The summed E-state index contributed by atoms with van der Waals surface area (Å²) in [6.45, 7) is 6.90. The average molecular weight is 306 g/mol. The zero-order valence-corrected chi connectivity index (χ0v) is 13.3. The summed E-state index contributed by atoms with van der Waals surface area (Å²) in [7, 11) is 0. The van der Waals surface area contributed by atoms with E-state index in [1.54, 1.807) is 11.3 Å². The van der Waals surface area contributed by atoms with Gasteiger partial charge in [-0.25, -0.2) is 9.97 Å². The van der Waals surface area contributed by atoms with Crippen LogP contribution in [0.25, 0.3) is 11.2 Å². The predicted octanol–water partition coefficient (Wildman–Crippen LogP) is 4.46. The number of hydrogen-bond acceptors (Lipinski definition) is 3. The summed E-state index contributed by atoms with van der Waals surface area (Å²) in [5.41, 5.74) is 3.00. The highest BCUT2D eigenvalue weighted by Gasteiger charge is 2.17. The summed E-state index contributed by atoms with van der Waals surface area (Å²) in [6.07, 6.45) is 1.83. The van der Waals surface area contributed by atoms with Crippen LogP contribution in [0.1, 0.15) is 33.4 Å². The molecular weight excluding hydrogens is 290 g/mol. The van der Waals surface area contributed by atoms with E-state index in [2.05, 4.69) is 40.5 Å². The predicted molar refractivity (Wildman–Crippen MR) is 84.7 cm³/mol. The number of alkyl halides is 1. The number of aryl methyl sites for hydroxylation is 2. The molecule has 0 fully saturated rings. The van der Waals surface area contributed by atoms with Crippen molar-refractivity contribution in [3.05, 3.63) is 45.5 Å². The van der Waals surface area contributed by atoms with Gasteiger partial charge in [-0.2, -0.15) is 0 Å². The fourth-order valence-electron chi connectivity index (χ4n) is 2.34. The third-order valence-corrected chi connectivity index (χ3v) is 4.51. The minimum Gasteiger partial charge on any atom is -0.306 e. The van der Waals surface area contributed by atoms with E-state index in [4.69, 9.17) is 11.6 Å². The summed E-state index contributed by atoms with van der Waals surface area (Å²) in [6, 6.07) is 6.28. The van der Waals surface area contributed by atoms with E-state index in [0.29, 0.717) is 0 Å². The van der Waals surface area contributed by atoms with Crippen LogP contribution in [0, 0.1) is 13.8 Å². The molecule has 3 aromatic rings. The summed E-state index contributed by atoms with van der Waals surface area (Å²) < 4.78 is 2.13. The first-order valence-corrected chi connectivity index (χ1v) is 7.82. The van der Waals surface area contributed by atoms with Gasteiger partial charge in [-0.15, -0.1) is 22.9 Å². The molecule has 0 aliphatic rings. The lowest BCUT2D eigenvalue weighted by molar-refractivity contribution is 0.744. The first-order valence-electron chi connectivity index (χ1n) is 6.57. The third-order valence-electron chi connectivity index (χ3n) is 3.33. The molecule has 3 nitrogen and oxygen atoms in total. The van der Waals surface area contributed by atoms with Crippen LogP contribution >= 0.6 is 22.9 Å². The van der Waals surface area contributed by atoms with E-state index in [1.807, 2.05) is 19.2 Å². The fraction of sp³-hybridized carbons (Fsp3) is 0.333. The van der Waals surface area contributed by atoms with Gasteiger partial charge in [0.1, 0.15) is 11.3 Å². The van der Waals surface area contributed by atoms with Gasteiger partial charge < -0.3 is 4.57 Å². The van der Waals surface area contributed by atoms with Crippen LogP contribution < -0.4 is 0 Å². The third kappa shape index (κ3) is 2.34. The molecule has 0 N–H and O–H groups in total. The van der Waals surface area contributed by atoms with Crippen LogP contribution in [0.2, 0.25) is 0 Å². The van der Waals surface area contributed by atoms with E-state index < -0.39 is 0 Å². The minimum absolute atomic E-state index is 0.135. The maximum absolute atomic E-state index is 6.30. The number of pyridine rings is 1. The number of nitrogens with zero attached hydrogens (tertiary/aromatic N) is 3. The van der Waals surface area contributed by atoms with Gasteiger partial charge in [0, 0.05) is 16.0 Å². The molecule has 0 amide bonds. The average Bonchev–Trinajstić information content (AvgIpc) is 2.96. The maximum Gasteiger partial charge on any atom is 0.160 e. The van der Waals surface area contributed by atoms with Crippen LogP contribution in [0.5, 0.6) is 0 Å². The van der Waals surface area contributed by atoms with Crippen LogP contribution in [-0.4, -0.2) is 14.5 Å². The number of imidazole rings is 1. The Bertz CT molecular complexity index is 758. The number of hydrogen-bond donors (Lipinski definition) is 0. The number of aromatic nitrogens is 3. The van der Waals surface area contributed by atoms with E-state index in [9.17, 15) is 0 Å². The van der Waals surface area contributed by atoms with Gasteiger partial charge in [-0.1, -0.05) is 0 Å². The zero-order chi connectivity index (χ0) is 14.3. The molecule has 0 saturated carbocycles. The quantitative estimate of drug-likeness (QED) is 0.669. The van der Waals surface area contributed by atoms with Gasteiger partial charge in [0.2, 0.25) is 0 Å². The van der Waals surface area contributed by atoms with Crippen molar-refractivity contribution < 1.29 is 0 Å². The summed E-state index contributed by atoms with van der Waals surface area (Å²) in [5.74, 6) is 0.884. The second-order valence-electron chi connectivity index (χ2n) is 4.98. The molecule has 1 unspecified atom stereocenters. The van der Waals surface area contributed by atoms with Gasteiger partial charge in [0.25, 0.3) is 0 Å². The van der Waals surface area contributed by atoms with E-state index in [1.165, 1.54) is 9.75 Å². The Kier molecular flexibility index (Phi) is 3.52. The summed E-state index contributed by atoms with van der Waals surface area (Å²) >= 11 is 8.10. The first kappa shape index (κ1) is 13.6. The molecule has 5 heteroatoms. The van der Waals surface area contributed by atoms with E-state index in [0.717, 1.165) is 29.1 Å². The lowest BCUT2D eigenvalue weighted by Gasteiger charge is -2.08. The molecule has 104 valence electrons. The molecule has 1 atom stereocenters. The molecule has 0 saturated heterocycles. The topological polar surface area (TPSA) is 30.7 Å². The number of thiophene rings is 1. The van der Waals surface area contributed by atoms with Crippen molar-refractivity contribution in [3.63, 3.8) is 0 Å². The molecule has 20 heavy (non-hydrogen) atoms. The van der Waals surface area contributed by atoms with E-state index in [-0.39, 0.29) is 5.38 Å². The Morgan fingerprint density at radius 2 is 2.10 bits per heavy atom. The minimum atomic E-state index is -0.135. The van der Waals surface area contributed by atoms with Crippen LogP contribution in [-0.2, 0) is 6.54 Å². The normalized spacial score (nSPS) is 13.0. The Labute approximate surface area is 127 Å². The first-order chi connectivity index (χ1) is 9.56. The molecule has 3 heterocycles. The van der Waals surface area contributed by atoms with Crippen molar-refractivity contribution in [2.24, 2.45) is 0 Å². The van der Waals surface area contributed by atoms with Crippen molar-refractivity contribution >= 4 is 34.1 Å². The standard InChI is InChI=1S/C15H16ClN3S/c1-9-6-7-17-15-13(9)18-14(11(3)16)19(15)8-12-5-4-10(2)20-12/h4-7,11H,8H2,1-3H3. The number of halogens is 1. The fourth-order valence-corrected chi connectivity index (χ4v) is 3.39. The smallest absolute Gasteiger partial charge is 0.160 e. The highest BCUT2D eigenvalue weighted by molar-refractivity contribution is 7.11. The molecule has 0 bridgehead atoms. The Balaban J connectivity index is 2.16. The monoisotopic (exact) mass is 305 g/mol. The molecular formula is C15H16ClN3S. The van der Waals surface area contributed by atoms with Gasteiger partial charge in [-0.05, 0) is 44.5 Å². The molecule has 3 rings (SSSR count). The van der Waals surface area contributed by atoms with Crippen molar-refractivity contribution in [1.29, 1.82) is 0 Å². The highest BCUT2D eigenvalue weighted by atomic mass is 35.5. The molecule has 0 radical (unpaired) electrons.